The van der Waals surface area contributed by atoms with E-state index in [0.29, 0.717) is 24.7 Å². The molecule has 0 bridgehead atoms. The second-order valence-corrected chi connectivity index (χ2v) is 9.68. The summed E-state index contributed by atoms with van der Waals surface area (Å²) in [6.45, 7) is 5.59. The van der Waals surface area contributed by atoms with Gasteiger partial charge in [-0.15, -0.1) is 0 Å². The van der Waals surface area contributed by atoms with Crippen molar-refractivity contribution in [3.63, 3.8) is 0 Å². The molecule has 4 rings (SSSR count). The minimum atomic E-state index is -0.277. The number of ether oxygens (including phenoxy) is 3. The fourth-order valence-electron chi connectivity index (χ4n) is 4.68. The summed E-state index contributed by atoms with van der Waals surface area (Å²) in [5, 5.41) is 0.673. The van der Waals surface area contributed by atoms with Gasteiger partial charge in [0.1, 0.15) is 23.7 Å². The number of nitrogens with zero attached hydrogens (tertiary/aromatic N) is 2. The highest BCUT2D eigenvalue weighted by molar-refractivity contribution is 6.30. The maximum atomic E-state index is 11.7. The van der Waals surface area contributed by atoms with Gasteiger partial charge in [0.2, 0.25) is 5.91 Å². The number of hydrogen-bond donors (Lipinski definition) is 0. The molecule has 0 N–H and O–H groups in total. The molecule has 0 atom stereocenters. The first-order valence-electron chi connectivity index (χ1n) is 12.2. The fraction of sp³-hybridized carbons (Fsp3) is 0.519. The zero-order chi connectivity index (χ0) is 23.8. The summed E-state index contributed by atoms with van der Waals surface area (Å²) >= 11 is 6.07. The smallest absolute Gasteiger partial charge is 0.222 e. The van der Waals surface area contributed by atoms with Crippen molar-refractivity contribution in [1.82, 2.24) is 9.80 Å². The topological polar surface area (TPSA) is 51.2 Å². The molecule has 184 valence electrons. The van der Waals surface area contributed by atoms with E-state index in [9.17, 15) is 4.79 Å². The van der Waals surface area contributed by atoms with Gasteiger partial charge in [0.15, 0.2) is 0 Å². The predicted molar refractivity (Wildman–Crippen MR) is 134 cm³/mol. The van der Waals surface area contributed by atoms with Crippen molar-refractivity contribution in [2.24, 2.45) is 0 Å². The number of carbonyl (C=O) groups excluding carboxylic acids is 1. The first kappa shape index (κ1) is 24.8. The molecule has 0 aromatic heterocycles. The van der Waals surface area contributed by atoms with Crippen molar-refractivity contribution in [3.8, 4) is 11.5 Å². The highest BCUT2D eigenvalue weighted by Gasteiger charge is 2.35. The van der Waals surface area contributed by atoms with Gasteiger partial charge >= 0.3 is 0 Å². The molecule has 2 aromatic rings. The summed E-state index contributed by atoms with van der Waals surface area (Å²) < 4.78 is 17.9. The average Bonchev–Trinajstić information content (AvgIpc) is 3.26. The summed E-state index contributed by atoms with van der Waals surface area (Å²) in [6, 6.07) is 15.8. The maximum absolute atomic E-state index is 11.7. The quantitative estimate of drug-likeness (QED) is 0.427. The summed E-state index contributed by atoms with van der Waals surface area (Å²) in [6.07, 6.45) is 4.36. The van der Waals surface area contributed by atoms with Crippen molar-refractivity contribution in [3.05, 3.63) is 59.1 Å². The Morgan fingerprint density at radius 3 is 2.47 bits per heavy atom. The predicted octanol–water partition coefficient (Wildman–Crippen LogP) is 4.79. The lowest BCUT2D eigenvalue weighted by Crippen LogP contribution is -2.48. The molecule has 0 unspecified atom stereocenters. The van der Waals surface area contributed by atoms with Gasteiger partial charge in [0, 0.05) is 51.3 Å². The van der Waals surface area contributed by atoms with Crippen LogP contribution in [0.1, 0.15) is 37.7 Å². The molecular formula is C27H35ClN2O4. The van der Waals surface area contributed by atoms with Gasteiger partial charge in [-0.2, -0.15) is 0 Å². The molecule has 34 heavy (non-hydrogen) atoms. The van der Waals surface area contributed by atoms with Crippen molar-refractivity contribution in [1.29, 1.82) is 0 Å². The molecule has 0 radical (unpaired) electrons. The number of methoxy groups -OCH3 is 1. The van der Waals surface area contributed by atoms with E-state index in [-0.39, 0.29) is 11.5 Å². The first-order chi connectivity index (χ1) is 16.5. The summed E-state index contributed by atoms with van der Waals surface area (Å²) in [5.74, 6) is 1.94. The summed E-state index contributed by atoms with van der Waals surface area (Å²) in [4.78, 5) is 16.1. The minimum absolute atomic E-state index is 0.275. The standard InChI is InChI=1S/C27H35ClN2O4/c1-32-27(21-34-25-9-3-7-23(28)19-25)11-15-29(16-12-27)20-22-6-2-8-24(18-22)33-17-5-14-30-13-4-10-26(30)31/h2-3,6-9,18-19H,4-5,10-17,20-21H2,1H3. The van der Waals surface area contributed by atoms with Crippen LogP contribution in [0.15, 0.2) is 48.5 Å². The van der Waals surface area contributed by atoms with Crippen LogP contribution in [0.3, 0.4) is 0 Å². The number of carbonyl (C=O) groups is 1. The van der Waals surface area contributed by atoms with E-state index in [0.717, 1.165) is 69.9 Å². The second kappa shape index (κ2) is 11.9. The molecule has 6 nitrogen and oxygen atoms in total. The number of halogens is 1. The Bertz CT molecular complexity index is 946. The zero-order valence-corrected chi connectivity index (χ0v) is 20.8. The van der Waals surface area contributed by atoms with E-state index in [1.54, 1.807) is 7.11 Å². The monoisotopic (exact) mass is 486 g/mol. The number of piperidine rings is 1. The molecule has 2 aliphatic rings. The third-order valence-corrected chi connectivity index (χ3v) is 7.05. The molecule has 0 aliphatic carbocycles. The van der Waals surface area contributed by atoms with Crippen LogP contribution in [0.5, 0.6) is 11.5 Å². The van der Waals surface area contributed by atoms with Gasteiger partial charge < -0.3 is 19.1 Å². The zero-order valence-electron chi connectivity index (χ0n) is 20.0. The molecule has 2 heterocycles. The number of hydrogen-bond acceptors (Lipinski definition) is 5. The summed E-state index contributed by atoms with van der Waals surface area (Å²) in [7, 11) is 1.78. The van der Waals surface area contributed by atoms with Gasteiger partial charge in [0.05, 0.1) is 6.61 Å². The van der Waals surface area contributed by atoms with Crippen LogP contribution in [-0.4, -0.2) is 67.8 Å². The maximum Gasteiger partial charge on any atom is 0.222 e. The van der Waals surface area contributed by atoms with E-state index in [1.165, 1.54) is 5.56 Å². The molecule has 2 saturated heterocycles. The Morgan fingerprint density at radius 2 is 1.76 bits per heavy atom. The van der Waals surface area contributed by atoms with Crippen LogP contribution in [0.4, 0.5) is 0 Å². The van der Waals surface area contributed by atoms with Gasteiger partial charge in [-0.3, -0.25) is 9.69 Å². The van der Waals surface area contributed by atoms with Gasteiger partial charge in [-0.05, 0) is 61.6 Å². The van der Waals surface area contributed by atoms with Crippen LogP contribution in [0.2, 0.25) is 5.02 Å². The molecule has 0 spiro atoms. The number of rotatable bonds is 11. The lowest BCUT2D eigenvalue weighted by molar-refractivity contribution is -0.127. The lowest BCUT2D eigenvalue weighted by atomic mass is 9.91. The van der Waals surface area contributed by atoms with E-state index in [2.05, 4.69) is 23.1 Å². The Balaban J connectivity index is 1.21. The lowest BCUT2D eigenvalue weighted by Gasteiger charge is -2.40. The van der Waals surface area contributed by atoms with Crippen molar-refractivity contribution in [2.75, 3.05) is 46.5 Å². The van der Waals surface area contributed by atoms with E-state index in [4.69, 9.17) is 25.8 Å². The highest BCUT2D eigenvalue weighted by Crippen LogP contribution is 2.29. The Hall–Kier alpha value is -2.28. The second-order valence-electron chi connectivity index (χ2n) is 9.24. The third kappa shape index (κ3) is 6.87. The van der Waals surface area contributed by atoms with Crippen molar-refractivity contribution >= 4 is 17.5 Å². The summed E-state index contributed by atoms with van der Waals surface area (Å²) in [5.41, 5.74) is 0.966. The van der Waals surface area contributed by atoms with Gasteiger partial charge in [-0.25, -0.2) is 0 Å². The first-order valence-corrected chi connectivity index (χ1v) is 12.6. The minimum Gasteiger partial charge on any atom is -0.494 e. The number of amides is 1. The van der Waals surface area contributed by atoms with Crippen LogP contribution in [-0.2, 0) is 16.1 Å². The third-order valence-electron chi connectivity index (χ3n) is 6.82. The molecule has 1 amide bonds. The molecule has 7 heteroatoms. The largest absolute Gasteiger partial charge is 0.494 e. The Kier molecular flexibility index (Phi) is 8.70. The van der Waals surface area contributed by atoms with E-state index < -0.39 is 0 Å². The van der Waals surface area contributed by atoms with Gasteiger partial charge in [0.25, 0.3) is 0 Å². The van der Waals surface area contributed by atoms with Crippen molar-refractivity contribution < 1.29 is 19.0 Å². The molecule has 2 aliphatic heterocycles. The van der Waals surface area contributed by atoms with E-state index >= 15 is 0 Å². The Morgan fingerprint density at radius 1 is 1.00 bits per heavy atom. The van der Waals surface area contributed by atoms with Crippen LogP contribution < -0.4 is 9.47 Å². The van der Waals surface area contributed by atoms with Crippen LogP contribution >= 0.6 is 11.6 Å². The average molecular weight is 487 g/mol. The van der Waals surface area contributed by atoms with Crippen molar-refractivity contribution in [2.45, 2.75) is 44.2 Å². The molecule has 2 aromatic carbocycles. The van der Waals surface area contributed by atoms with E-state index in [1.807, 2.05) is 35.2 Å². The molecule has 2 fully saturated rings. The molecular weight excluding hydrogens is 452 g/mol. The molecule has 0 saturated carbocycles. The fourth-order valence-corrected chi connectivity index (χ4v) is 4.86. The normalized spacial score (nSPS) is 18.3. The highest BCUT2D eigenvalue weighted by atomic mass is 35.5. The van der Waals surface area contributed by atoms with Crippen LogP contribution in [0, 0.1) is 0 Å². The SMILES string of the molecule is COC1(COc2cccc(Cl)c2)CCN(Cc2cccc(OCCCN3CCCC3=O)c2)CC1. The van der Waals surface area contributed by atoms with Crippen LogP contribution in [0.25, 0.3) is 0 Å². The number of likely N-dealkylation sites (tertiary alicyclic amines) is 2. The Labute approximate surface area is 207 Å². The number of benzene rings is 2. The van der Waals surface area contributed by atoms with Gasteiger partial charge in [-0.1, -0.05) is 29.8 Å².